The zero-order chi connectivity index (χ0) is 18.5. The lowest BCUT2D eigenvalue weighted by molar-refractivity contribution is -0.0130. The minimum Gasteiger partial charge on any atom is -0.755 e. The van der Waals surface area contributed by atoms with Crippen molar-refractivity contribution < 1.29 is 18.3 Å². The van der Waals surface area contributed by atoms with E-state index in [0.717, 1.165) is 39.1 Å². The molecule has 2 aliphatic heterocycles. The van der Waals surface area contributed by atoms with Gasteiger partial charge in [0.05, 0.1) is 16.7 Å². The number of carbonyl (C=O) groups is 1. The predicted octanol–water partition coefficient (Wildman–Crippen LogP) is 1.87. The molecule has 26 heavy (non-hydrogen) atoms. The molecule has 0 bridgehead atoms. The van der Waals surface area contributed by atoms with Crippen molar-refractivity contribution in [3.8, 4) is 0 Å². The molecule has 7 nitrogen and oxygen atoms in total. The summed E-state index contributed by atoms with van der Waals surface area (Å²) in [6, 6.07) is 4.54. The zero-order valence-electron chi connectivity index (χ0n) is 14.5. The van der Waals surface area contributed by atoms with Crippen LogP contribution in [0.2, 0.25) is 5.02 Å². The normalized spacial score (nSPS) is 22.8. The van der Waals surface area contributed by atoms with E-state index in [2.05, 4.69) is 9.62 Å². The first-order valence-electron chi connectivity index (χ1n) is 8.81. The van der Waals surface area contributed by atoms with Gasteiger partial charge in [0.15, 0.2) is 0 Å². The van der Waals surface area contributed by atoms with Gasteiger partial charge in [-0.15, -0.1) is 0 Å². The second-order valence-electron chi connectivity index (χ2n) is 6.61. The molecular formula is C17H23ClN3O4S-. The molecule has 0 radical (unpaired) electrons. The van der Waals surface area contributed by atoms with Gasteiger partial charge >= 0.3 is 0 Å². The van der Waals surface area contributed by atoms with Crippen molar-refractivity contribution >= 4 is 34.5 Å². The first kappa shape index (κ1) is 19.6. The topological polar surface area (TPSA) is 84.9 Å². The molecule has 1 N–H and O–H groups in total. The molecule has 0 aliphatic carbocycles. The van der Waals surface area contributed by atoms with Crippen LogP contribution in [0.25, 0.3) is 0 Å². The summed E-state index contributed by atoms with van der Waals surface area (Å²) in [5, 5.41) is 0.239. The minimum atomic E-state index is -2.42. The van der Waals surface area contributed by atoms with Crippen LogP contribution in [0.5, 0.6) is 0 Å². The highest BCUT2D eigenvalue weighted by atomic mass is 35.5. The van der Waals surface area contributed by atoms with Crippen LogP contribution in [-0.4, -0.2) is 69.9 Å². The Morgan fingerprint density at radius 1 is 1.31 bits per heavy atom. The summed E-state index contributed by atoms with van der Waals surface area (Å²) in [6.45, 7) is 4.71. The monoisotopic (exact) mass is 400 g/mol. The summed E-state index contributed by atoms with van der Waals surface area (Å²) in [5.74, 6) is -0.127. The highest BCUT2D eigenvalue weighted by Crippen LogP contribution is 2.23. The number of ether oxygens (including phenoxy) is 1. The second-order valence-corrected chi connectivity index (χ2v) is 7.69. The molecule has 0 spiro atoms. The van der Waals surface area contributed by atoms with E-state index in [1.165, 1.54) is 18.6 Å². The third kappa shape index (κ3) is 5.17. The van der Waals surface area contributed by atoms with E-state index in [1.807, 2.05) is 0 Å². The summed E-state index contributed by atoms with van der Waals surface area (Å²) in [4.78, 5) is 16.8. The largest absolute Gasteiger partial charge is 0.755 e. The summed E-state index contributed by atoms with van der Waals surface area (Å²) < 4.78 is 29.4. The number of rotatable bonds is 5. The predicted molar refractivity (Wildman–Crippen MR) is 99.9 cm³/mol. The molecule has 3 rings (SSSR count). The Bertz CT molecular complexity index is 661. The maximum Gasteiger partial charge on any atom is 0.255 e. The summed E-state index contributed by atoms with van der Waals surface area (Å²) in [7, 11) is 0. The van der Waals surface area contributed by atoms with E-state index in [4.69, 9.17) is 16.3 Å². The molecule has 0 saturated carbocycles. The lowest BCUT2D eigenvalue weighted by atomic mass is 10.1. The van der Waals surface area contributed by atoms with Crippen LogP contribution >= 0.6 is 11.6 Å². The van der Waals surface area contributed by atoms with Gasteiger partial charge in [-0.05, 0) is 37.5 Å². The highest BCUT2D eigenvalue weighted by molar-refractivity contribution is 7.80. The van der Waals surface area contributed by atoms with Crippen molar-refractivity contribution in [2.45, 2.75) is 25.4 Å². The summed E-state index contributed by atoms with van der Waals surface area (Å²) >= 11 is 3.75. The molecule has 2 aliphatic rings. The van der Waals surface area contributed by atoms with Crippen molar-refractivity contribution in [2.75, 3.05) is 44.1 Å². The molecule has 1 aromatic rings. The van der Waals surface area contributed by atoms with Crippen LogP contribution in [0.4, 0.5) is 5.69 Å². The maximum atomic E-state index is 12.7. The zero-order valence-corrected chi connectivity index (χ0v) is 16.1. The molecule has 2 atom stereocenters. The average molecular weight is 401 g/mol. The van der Waals surface area contributed by atoms with Gasteiger partial charge in [0.1, 0.15) is 0 Å². The van der Waals surface area contributed by atoms with E-state index >= 15 is 0 Å². The van der Waals surface area contributed by atoms with Crippen molar-refractivity contribution in [3.63, 3.8) is 0 Å². The molecule has 2 unspecified atom stereocenters. The molecule has 2 heterocycles. The van der Waals surface area contributed by atoms with E-state index in [9.17, 15) is 13.6 Å². The van der Waals surface area contributed by atoms with Crippen LogP contribution in [0.1, 0.15) is 29.6 Å². The van der Waals surface area contributed by atoms with Crippen molar-refractivity contribution in [2.24, 2.45) is 0 Å². The third-order valence-electron chi connectivity index (χ3n) is 4.80. The molecule has 9 heteroatoms. The molecular weight excluding hydrogens is 378 g/mol. The Labute approximate surface area is 161 Å². The van der Waals surface area contributed by atoms with Crippen LogP contribution in [0.3, 0.4) is 0 Å². The number of nitrogens with zero attached hydrogens (tertiary/aromatic N) is 2. The molecule has 2 fully saturated rings. The Morgan fingerprint density at radius 2 is 2.08 bits per heavy atom. The van der Waals surface area contributed by atoms with Crippen LogP contribution in [0.15, 0.2) is 18.2 Å². The van der Waals surface area contributed by atoms with Crippen molar-refractivity contribution in [1.82, 2.24) is 9.80 Å². The Kier molecular flexibility index (Phi) is 6.88. The van der Waals surface area contributed by atoms with Gasteiger partial charge in [-0.1, -0.05) is 11.6 Å². The maximum absolute atomic E-state index is 12.7. The molecule has 0 aromatic heterocycles. The quantitative estimate of drug-likeness (QED) is 0.763. The molecule has 1 amide bonds. The first-order chi connectivity index (χ1) is 12.5. The molecule has 144 valence electrons. The fourth-order valence-corrected chi connectivity index (χ4v) is 3.97. The van der Waals surface area contributed by atoms with Gasteiger partial charge in [-0.3, -0.25) is 13.9 Å². The number of piperazine rings is 1. The van der Waals surface area contributed by atoms with Gasteiger partial charge < -0.3 is 18.9 Å². The summed E-state index contributed by atoms with van der Waals surface area (Å²) in [5.41, 5.74) is 0.718. The van der Waals surface area contributed by atoms with Gasteiger partial charge in [-0.25, -0.2) is 0 Å². The number of amides is 1. The second kappa shape index (κ2) is 9.14. The minimum absolute atomic E-state index is 0.127. The van der Waals surface area contributed by atoms with E-state index in [-0.39, 0.29) is 10.9 Å². The molecule has 1 aromatic carbocycles. The lowest BCUT2D eigenvalue weighted by Crippen LogP contribution is -2.50. The van der Waals surface area contributed by atoms with Crippen LogP contribution in [-0.2, 0) is 16.0 Å². The van der Waals surface area contributed by atoms with E-state index in [0.29, 0.717) is 30.4 Å². The smallest absolute Gasteiger partial charge is 0.255 e. The lowest BCUT2D eigenvalue weighted by Gasteiger charge is -2.37. The Balaban J connectivity index is 1.53. The van der Waals surface area contributed by atoms with E-state index in [1.54, 1.807) is 11.0 Å². The third-order valence-corrected chi connectivity index (χ3v) is 5.51. The fourth-order valence-electron chi connectivity index (χ4n) is 3.39. The Morgan fingerprint density at radius 3 is 2.69 bits per heavy atom. The highest BCUT2D eigenvalue weighted by Gasteiger charge is 2.25. The SMILES string of the molecule is O=C(c1ccc(NS(=O)[O-])cc1Cl)N1CCN(CC2CCCCO2)CC1. The van der Waals surface area contributed by atoms with Gasteiger partial charge in [0.2, 0.25) is 0 Å². The fraction of sp³-hybridized carbons (Fsp3) is 0.588. The Hall–Kier alpha value is -1.19. The standard InChI is InChI=1S/C17H24ClN3O4S/c18-16-11-13(19-26(23)24)4-5-15(16)17(22)21-8-6-20(7-9-21)12-14-3-1-2-10-25-14/h4-5,11,14,19H,1-3,6-10,12H2,(H,23,24)/p-1. The number of hydrogen-bond acceptors (Lipinski definition) is 5. The van der Waals surface area contributed by atoms with Crippen LogP contribution in [0, 0.1) is 0 Å². The molecule has 2 saturated heterocycles. The first-order valence-corrected chi connectivity index (χ1v) is 10.3. The van der Waals surface area contributed by atoms with Gasteiger partial charge in [0, 0.05) is 56.3 Å². The van der Waals surface area contributed by atoms with E-state index < -0.39 is 11.3 Å². The number of benzene rings is 1. The number of hydrogen-bond donors (Lipinski definition) is 1. The van der Waals surface area contributed by atoms with Gasteiger partial charge in [0.25, 0.3) is 5.91 Å². The number of nitrogens with one attached hydrogen (secondary N) is 1. The summed E-state index contributed by atoms with van der Waals surface area (Å²) in [6.07, 6.45) is 3.81. The van der Waals surface area contributed by atoms with Crippen molar-refractivity contribution in [3.05, 3.63) is 28.8 Å². The van der Waals surface area contributed by atoms with Crippen LogP contribution < -0.4 is 4.72 Å². The van der Waals surface area contributed by atoms with Crippen molar-refractivity contribution in [1.29, 1.82) is 0 Å². The number of halogens is 1. The van der Waals surface area contributed by atoms with Gasteiger partial charge in [-0.2, -0.15) is 0 Å². The number of carbonyl (C=O) groups excluding carboxylic acids is 1. The number of anilines is 1. The average Bonchev–Trinajstić information content (AvgIpc) is 2.62.